The maximum absolute atomic E-state index is 8.80. The first-order chi connectivity index (χ1) is 7.38. The van der Waals surface area contributed by atoms with Gasteiger partial charge in [0.25, 0.3) is 0 Å². The minimum atomic E-state index is 0.672. The number of hydrogen-bond acceptors (Lipinski definition) is 3. The first-order valence-electron chi connectivity index (χ1n) is 4.98. The van der Waals surface area contributed by atoms with Crippen molar-refractivity contribution in [3.63, 3.8) is 0 Å². The van der Waals surface area contributed by atoms with Crippen LogP contribution in [-0.4, -0.2) is 16.1 Å². The van der Waals surface area contributed by atoms with Gasteiger partial charge >= 0.3 is 0 Å². The molecule has 1 aromatic carbocycles. The predicted molar refractivity (Wildman–Crippen MR) is 56.2 cm³/mol. The summed E-state index contributed by atoms with van der Waals surface area (Å²) < 4.78 is 2.22. The number of hydrogen-bond donors (Lipinski definition) is 1. The number of nitrogens with one attached hydrogen (secondary N) is 1. The van der Waals surface area contributed by atoms with E-state index in [9.17, 15) is 0 Å². The molecule has 1 aromatic heterocycles. The fourth-order valence-electron chi connectivity index (χ4n) is 2.02. The van der Waals surface area contributed by atoms with E-state index in [1.165, 1.54) is 0 Å². The number of aromatic nitrogens is 2. The lowest BCUT2D eigenvalue weighted by molar-refractivity contribution is 0.514. The van der Waals surface area contributed by atoms with Crippen molar-refractivity contribution in [3.05, 3.63) is 29.6 Å². The molecule has 0 saturated heterocycles. The number of nitriles is 1. The molecule has 0 bridgehead atoms. The molecule has 1 N–H and O–H groups in total. The second-order valence-corrected chi connectivity index (χ2v) is 3.67. The average molecular weight is 198 g/mol. The van der Waals surface area contributed by atoms with Crippen LogP contribution >= 0.6 is 0 Å². The summed E-state index contributed by atoms with van der Waals surface area (Å²) in [5.74, 6) is 1.06. The van der Waals surface area contributed by atoms with Crippen LogP contribution in [0.5, 0.6) is 0 Å². The van der Waals surface area contributed by atoms with E-state index >= 15 is 0 Å². The molecular weight excluding hydrogens is 188 g/mol. The summed E-state index contributed by atoms with van der Waals surface area (Å²) >= 11 is 0. The fourth-order valence-corrected chi connectivity index (χ4v) is 2.02. The summed E-state index contributed by atoms with van der Waals surface area (Å²) in [6.07, 6.45) is 0. The molecule has 4 heteroatoms. The van der Waals surface area contributed by atoms with Gasteiger partial charge in [-0.2, -0.15) is 5.26 Å². The van der Waals surface area contributed by atoms with Crippen molar-refractivity contribution >= 4 is 11.0 Å². The van der Waals surface area contributed by atoms with Gasteiger partial charge in [0.15, 0.2) is 0 Å². The smallest absolute Gasteiger partial charge is 0.123 e. The van der Waals surface area contributed by atoms with E-state index < -0.39 is 0 Å². The number of benzene rings is 1. The molecule has 0 amide bonds. The van der Waals surface area contributed by atoms with Gasteiger partial charge in [0, 0.05) is 13.1 Å². The van der Waals surface area contributed by atoms with Crippen molar-refractivity contribution in [2.24, 2.45) is 0 Å². The summed E-state index contributed by atoms with van der Waals surface area (Å²) in [4.78, 5) is 4.51. The van der Waals surface area contributed by atoms with Crippen LogP contribution < -0.4 is 5.32 Å². The fraction of sp³-hybridized carbons (Fsp3) is 0.273. The summed E-state index contributed by atoms with van der Waals surface area (Å²) in [6.45, 7) is 2.76. The van der Waals surface area contributed by atoms with E-state index in [2.05, 4.69) is 20.9 Å². The molecule has 1 aliphatic rings. The van der Waals surface area contributed by atoms with Crippen molar-refractivity contribution in [2.45, 2.75) is 13.1 Å². The second kappa shape index (κ2) is 3.07. The number of fused-ring (bicyclic) bond motifs is 3. The van der Waals surface area contributed by atoms with Crippen molar-refractivity contribution in [1.82, 2.24) is 14.9 Å². The van der Waals surface area contributed by atoms with E-state index in [0.717, 1.165) is 36.5 Å². The van der Waals surface area contributed by atoms with Gasteiger partial charge < -0.3 is 9.88 Å². The van der Waals surface area contributed by atoms with Gasteiger partial charge in [-0.05, 0) is 18.2 Å². The van der Waals surface area contributed by atoms with Crippen LogP contribution in [0.15, 0.2) is 18.2 Å². The molecule has 0 fully saturated rings. The molecule has 0 atom stereocenters. The van der Waals surface area contributed by atoms with Crippen LogP contribution in [0.1, 0.15) is 11.4 Å². The first-order valence-corrected chi connectivity index (χ1v) is 4.98. The van der Waals surface area contributed by atoms with Crippen LogP contribution in [0.25, 0.3) is 11.0 Å². The van der Waals surface area contributed by atoms with Gasteiger partial charge in [0.05, 0.1) is 29.2 Å². The Hall–Kier alpha value is -1.86. The Balaban J connectivity index is 2.28. The summed E-state index contributed by atoms with van der Waals surface area (Å²) in [5, 5.41) is 12.1. The molecule has 0 aliphatic carbocycles. The highest BCUT2D eigenvalue weighted by atomic mass is 15.2. The number of imidazole rings is 1. The molecule has 0 spiro atoms. The van der Waals surface area contributed by atoms with Crippen LogP contribution in [-0.2, 0) is 13.1 Å². The van der Waals surface area contributed by atoms with E-state index in [1.807, 2.05) is 18.2 Å². The molecule has 1 aliphatic heterocycles. The van der Waals surface area contributed by atoms with E-state index in [0.29, 0.717) is 5.56 Å². The highest BCUT2D eigenvalue weighted by molar-refractivity contribution is 5.77. The Labute approximate surface area is 87.1 Å². The van der Waals surface area contributed by atoms with Crippen molar-refractivity contribution in [3.8, 4) is 6.07 Å². The minimum absolute atomic E-state index is 0.672. The third-order valence-corrected chi connectivity index (χ3v) is 2.75. The highest BCUT2D eigenvalue weighted by Gasteiger charge is 2.13. The van der Waals surface area contributed by atoms with E-state index in [1.54, 1.807) is 0 Å². The molecule has 4 nitrogen and oxygen atoms in total. The number of rotatable bonds is 0. The lowest BCUT2D eigenvalue weighted by atomic mass is 10.2. The largest absolute Gasteiger partial charge is 0.326 e. The minimum Gasteiger partial charge on any atom is -0.326 e. The molecule has 0 unspecified atom stereocenters. The van der Waals surface area contributed by atoms with Gasteiger partial charge in [0.1, 0.15) is 5.82 Å². The molecule has 3 rings (SSSR count). The SMILES string of the molecule is N#Cc1ccc2c(c1)nc1n2CCNC1. The highest BCUT2D eigenvalue weighted by Crippen LogP contribution is 2.19. The molecule has 0 saturated carbocycles. The monoisotopic (exact) mass is 198 g/mol. The third-order valence-electron chi connectivity index (χ3n) is 2.75. The van der Waals surface area contributed by atoms with Crippen molar-refractivity contribution < 1.29 is 0 Å². The normalized spacial score (nSPS) is 14.9. The lowest BCUT2D eigenvalue weighted by Crippen LogP contribution is -2.28. The van der Waals surface area contributed by atoms with Gasteiger partial charge in [-0.3, -0.25) is 0 Å². The van der Waals surface area contributed by atoms with Gasteiger partial charge in [-0.15, -0.1) is 0 Å². The average Bonchev–Trinajstić information content (AvgIpc) is 2.66. The van der Waals surface area contributed by atoms with E-state index in [4.69, 9.17) is 5.26 Å². The zero-order valence-electron chi connectivity index (χ0n) is 8.20. The molecular formula is C11H10N4. The topological polar surface area (TPSA) is 53.6 Å². The van der Waals surface area contributed by atoms with Crippen LogP contribution in [0.2, 0.25) is 0 Å². The number of nitrogens with zero attached hydrogens (tertiary/aromatic N) is 3. The third kappa shape index (κ3) is 1.21. The van der Waals surface area contributed by atoms with Crippen molar-refractivity contribution in [1.29, 1.82) is 5.26 Å². The Morgan fingerprint density at radius 2 is 2.40 bits per heavy atom. The molecule has 0 radical (unpaired) electrons. The summed E-state index contributed by atoms with van der Waals surface area (Å²) in [7, 11) is 0. The molecule has 2 aromatic rings. The maximum atomic E-state index is 8.80. The standard InChI is InChI=1S/C11H10N4/c12-6-8-1-2-10-9(5-8)14-11-7-13-3-4-15(10)11/h1-2,5,13H,3-4,7H2. The summed E-state index contributed by atoms with van der Waals surface area (Å²) in [6, 6.07) is 7.81. The van der Waals surface area contributed by atoms with Gasteiger partial charge in [-0.1, -0.05) is 0 Å². The Morgan fingerprint density at radius 3 is 3.27 bits per heavy atom. The Bertz CT molecular complexity index is 562. The predicted octanol–water partition coefficient (Wildman–Crippen LogP) is 1.01. The lowest BCUT2D eigenvalue weighted by Gasteiger charge is -2.15. The second-order valence-electron chi connectivity index (χ2n) is 3.67. The Kier molecular flexibility index (Phi) is 1.73. The van der Waals surface area contributed by atoms with Crippen LogP contribution in [0.4, 0.5) is 0 Å². The molecule has 74 valence electrons. The Morgan fingerprint density at radius 1 is 1.47 bits per heavy atom. The van der Waals surface area contributed by atoms with Crippen LogP contribution in [0.3, 0.4) is 0 Å². The maximum Gasteiger partial charge on any atom is 0.123 e. The van der Waals surface area contributed by atoms with Crippen LogP contribution in [0, 0.1) is 11.3 Å². The van der Waals surface area contributed by atoms with Crippen molar-refractivity contribution in [2.75, 3.05) is 6.54 Å². The van der Waals surface area contributed by atoms with Gasteiger partial charge in [0.2, 0.25) is 0 Å². The zero-order chi connectivity index (χ0) is 10.3. The zero-order valence-corrected chi connectivity index (χ0v) is 8.20. The molecule has 15 heavy (non-hydrogen) atoms. The van der Waals surface area contributed by atoms with Gasteiger partial charge in [-0.25, -0.2) is 4.98 Å². The summed E-state index contributed by atoms with van der Waals surface area (Å²) in [5.41, 5.74) is 2.73. The first kappa shape index (κ1) is 8.45. The van der Waals surface area contributed by atoms with E-state index in [-0.39, 0.29) is 0 Å². The molecule has 2 heterocycles. The quantitative estimate of drug-likeness (QED) is 0.687.